The normalized spacial score (nSPS) is 15.2. The molecule has 7 rings (SSSR count). The molecule has 3 aliphatic rings. The molecule has 4 aromatic rings. The minimum Gasteiger partial charge on any atom is -0.481 e. The Bertz CT molecular complexity index is 4920. The van der Waals surface area contributed by atoms with E-state index in [0.29, 0.717) is 101 Å². The van der Waals surface area contributed by atoms with E-state index in [1.165, 1.54) is 0 Å². The van der Waals surface area contributed by atoms with E-state index in [0.717, 1.165) is 16.0 Å². The van der Waals surface area contributed by atoms with Crippen molar-refractivity contribution in [2.24, 2.45) is 104 Å². The van der Waals surface area contributed by atoms with Gasteiger partial charge in [-0.15, -0.1) is 38.0 Å². The molecule has 0 spiro atoms. The van der Waals surface area contributed by atoms with E-state index in [4.69, 9.17) is 47.8 Å². The molecule has 27 nitrogen and oxygen atoms in total. The average molecular weight is 2100 g/mol. The fourth-order valence-electron chi connectivity index (χ4n) is 17.5. The molecule has 846 valence electrons. The van der Waals surface area contributed by atoms with Gasteiger partial charge in [0.2, 0.25) is 0 Å². The molecule has 27 heteroatoms. The molecule has 150 heavy (non-hydrogen) atoms. The molecule has 0 aliphatic heterocycles. The van der Waals surface area contributed by atoms with Crippen molar-refractivity contribution in [3.8, 4) is 0 Å². The summed E-state index contributed by atoms with van der Waals surface area (Å²) in [5, 5.41) is 36.3. The number of nitrogens with zero attached hydrogens (tertiary/aromatic N) is 3. The van der Waals surface area contributed by atoms with Crippen LogP contribution in [0.25, 0.3) is 11.0 Å². The van der Waals surface area contributed by atoms with Crippen molar-refractivity contribution in [2.75, 3.05) is 0 Å². The zero-order valence-corrected chi connectivity index (χ0v) is 95.0. The van der Waals surface area contributed by atoms with E-state index in [2.05, 4.69) is 57.1 Å². The van der Waals surface area contributed by atoms with E-state index in [9.17, 15) is 67.7 Å². The standard InChI is InChI=1S/C25H36O4.C23H32O4.C22H29N3O4.C18H30O4.C16H26O4.C13H24O4.C3H6.3CH4/c1-8-15-25(16-9-2,23(27)29-24(5,6)7)21(17-19(3)4)22(26)28-18-20-13-11-10-12-14-20;1-17(2)15-19(20(24)26-16-18-11-7-6-8-12-18)23(13-9-10-14-23)21(25)27-22(3,4)5;1-15(2)14-16(22(12-8-9-13-22)20(27)28-21(3,4)5)19(26)29-25-18-11-7-6-10-17(18)23-24-25;1-8-10-18(11-9-2,16(21)22-17(5,6)7)14(15(19)20)12-13(3)4;1-11(2)10-12(13(17)18)16(8-6-7-9-16)14(19)20-15(3,4)5;1-8(2)7-10(11(14)15)9(3)12(16)17-13(4,5)6;1-3-2;;;/h8-14,19,21H,1-2,15-18H2,3-7H3;6-12,17,19H,13-16H2,1-5H3;6-11,15-16H,12-14H2,1-5H3;8-9,13-14H,1-2,10-12H2,3-7H3,(H,19,20);6-7,11-12H,8-10H2,1-5H3,(H,17,18);8-10H,7H2,1-6H3,(H,14,15);3H,1H2,2H3;3*1H4/t21-;19-;16-;14-;12-;9-,10-;;;;/m000001..../s1. The van der Waals surface area contributed by atoms with Crippen LogP contribution in [-0.4, -0.2) is 136 Å². The average Bonchev–Trinajstić information content (AvgIpc) is 1.56. The van der Waals surface area contributed by atoms with Crippen LogP contribution in [0.3, 0.4) is 0 Å². The zero-order valence-electron chi connectivity index (χ0n) is 95.0. The third-order valence-corrected chi connectivity index (χ3v) is 24.1. The second kappa shape index (κ2) is 65.1. The molecule has 7 atom stereocenters. The number of ether oxygens (including phenoxy) is 8. The molecule has 0 amide bonds. The third-order valence-electron chi connectivity index (χ3n) is 24.1. The van der Waals surface area contributed by atoms with Gasteiger partial charge >= 0.3 is 71.6 Å². The summed E-state index contributed by atoms with van der Waals surface area (Å²) in [5.74, 6) is -9.83. The molecule has 3 N–H and O–H groups in total. The predicted molar refractivity (Wildman–Crippen MR) is 599 cm³/mol. The van der Waals surface area contributed by atoms with Gasteiger partial charge in [0.25, 0.3) is 0 Å². The first-order valence-electron chi connectivity index (χ1n) is 51.8. The number of carboxylic acids is 3. The van der Waals surface area contributed by atoms with Crippen LogP contribution in [0.15, 0.2) is 185 Å². The van der Waals surface area contributed by atoms with E-state index in [1.807, 2.05) is 248 Å². The van der Waals surface area contributed by atoms with E-state index < -0.39 is 150 Å². The van der Waals surface area contributed by atoms with Crippen molar-refractivity contribution in [2.45, 2.75) is 393 Å². The van der Waals surface area contributed by atoms with E-state index in [-0.39, 0.29) is 108 Å². The van der Waals surface area contributed by atoms with Crippen LogP contribution in [0.1, 0.15) is 358 Å². The number of carbonyl (C=O) groups excluding carboxylic acids is 9. The monoisotopic (exact) mass is 2100 g/mol. The first-order valence-corrected chi connectivity index (χ1v) is 51.8. The molecule has 0 saturated heterocycles. The first kappa shape index (κ1) is 143. The molecule has 0 bridgehead atoms. The maximum absolute atomic E-state index is 13.3. The minimum absolute atomic E-state index is 0. The molecule has 3 aliphatic carbocycles. The molecule has 0 fully saturated rings. The first-order chi connectivity index (χ1) is 67.8. The highest BCUT2D eigenvalue weighted by molar-refractivity contribution is 5.90. The lowest BCUT2D eigenvalue weighted by molar-refractivity contribution is -0.179. The molecule has 0 saturated carbocycles. The van der Waals surface area contributed by atoms with Crippen molar-refractivity contribution < 1.29 is 116 Å². The molecular weight excluding hydrogens is 1900 g/mol. The van der Waals surface area contributed by atoms with Crippen molar-refractivity contribution >= 4 is 82.7 Å². The molecule has 0 radical (unpaired) electrons. The highest BCUT2D eigenvalue weighted by Crippen LogP contribution is 2.51. The zero-order chi connectivity index (χ0) is 113. The highest BCUT2D eigenvalue weighted by atomic mass is 16.7. The molecule has 0 unspecified atom stereocenters. The largest absolute Gasteiger partial charge is 0.481 e. The Morgan fingerprint density at radius 2 is 0.640 bits per heavy atom. The van der Waals surface area contributed by atoms with Gasteiger partial charge in [0, 0.05) is 0 Å². The van der Waals surface area contributed by atoms with Gasteiger partial charge in [0.15, 0.2) is 0 Å². The summed E-state index contributed by atoms with van der Waals surface area (Å²) in [5.41, 5.74) is -5.72. The van der Waals surface area contributed by atoms with Crippen molar-refractivity contribution in [3.05, 3.63) is 196 Å². The number of esters is 8. The summed E-state index contributed by atoms with van der Waals surface area (Å²) in [6.45, 7) is 78.8. The van der Waals surface area contributed by atoms with Crippen LogP contribution in [-0.2, 0) is 109 Å². The second-order valence-corrected chi connectivity index (χ2v) is 47.3. The second-order valence-electron chi connectivity index (χ2n) is 47.3. The molecule has 3 aromatic carbocycles. The maximum atomic E-state index is 13.3. The Kier molecular flexibility index (Phi) is 62.0. The van der Waals surface area contributed by atoms with Crippen molar-refractivity contribution in [1.82, 2.24) is 15.2 Å². The smallest absolute Gasteiger partial charge is 0.339 e. The Hall–Kier alpha value is -11.4. The Morgan fingerprint density at radius 1 is 0.353 bits per heavy atom. The van der Waals surface area contributed by atoms with Gasteiger partial charge in [-0.25, -0.2) is 4.79 Å². The molecule has 1 heterocycles. The third kappa shape index (κ3) is 48.5. The number of fused-ring (bicyclic) bond motifs is 1. The van der Waals surface area contributed by atoms with Crippen LogP contribution in [0.2, 0.25) is 0 Å². The summed E-state index contributed by atoms with van der Waals surface area (Å²) >= 11 is 0. The number of aliphatic carboxylic acids is 3. The van der Waals surface area contributed by atoms with Crippen LogP contribution in [0, 0.1) is 104 Å². The molecule has 1 aromatic heterocycles. The van der Waals surface area contributed by atoms with Gasteiger partial charge in [-0.3, -0.25) is 52.7 Å². The number of allylic oxidation sites excluding steroid dienone is 11. The van der Waals surface area contributed by atoms with Crippen LogP contribution >= 0.6 is 0 Å². The van der Waals surface area contributed by atoms with Gasteiger partial charge in [0.1, 0.15) is 57.9 Å². The lowest BCUT2D eigenvalue weighted by Gasteiger charge is -2.38. The predicted octanol–water partition coefficient (Wildman–Crippen LogP) is 28.1. The highest BCUT2D eigenvalue weighted by Gasteiger charge is 2.57. The summed E-state index contributed by atoms with van der Waals surface area (Å²) in [4.78, 5) is 158. The van der Waals surface area contributed by atoms with Crippen LogP contribution < -0.4 is 4.84 Å². The fraction of sp³-hybridized carbons (Fsp3) is 0.626. The van der Waals surface area contributed by atoms with Crippen molar-refractivity contribution in [3.63, 3.8) is 0 Å². The lowest BCUT2D eigenvalue weighted by atomic mass is 9.67. The number of aromatic nitrogens is 3. The summed E-state index contributed by atoms with van der Waals surface area (Å²) in [6, 6.07) is 26.3. The number of rotatable bonds is 43. The lowest BCUT2D eigenvalue weighted by Crippen LogP contribution is -2.47. The summed E-state index contributed by atoms with van der Waals surface area (Å²) in [7, 11) is 0. The number of hydrogen-bond donors (Lipinski definition) is 3. The Labute approximate surface area is 901 Å². The van der Waals surface area contributed by atoms with Gasteiger partial charge in [0.05, 0.1) is 68.5 Å². The number of hydrogen-bond acceptors (Lipinski definition) is 23. The number of carboxylic acid groups (broad SMARTS) is 3. The number of para-hydroxylation sites is 1. The van der Waals surface area contributed by atoms with E-state index >= 15 is 0 Å². The minimum atomic E-state index is -1.16. The summed E-state index contributed by atoms with van der Waals surface area (Å²) < 4.78 is 44.7. The fourth-order valence-corrected chi connectivity index (χ4v) is 17.5. The Balaban J connectivity index is -0.00000173. The maximum Gasteiger partial charge on any atom is 0.339 e. The van der Waals surface area contributed by atoms with Gasteiger partial charge < -0.3 is 58.1 Å². The van der Waals surface area contributed by atoms with Crippen molar-refractivity contribution in [1.29, 1.82) is 0 Å². The van der Waals surface area contributed by atoms with Gasteiger partial charge in [-0.1, -0.05) is 257 Å². The van der Waals surface area contributed by atoms with E-state index in [1.54, 1.807) is 112 Å². The molecular formula is C123H195N3O24. The van der Waals surface area contributed by atoms with Gasteiger partial charge in [-0.05, 0) is 298 Å². The van der Waals surface area contributed by atoms with Gasteiger partial charge in [-0.2, -0.15) is 0 Å². The number of benzene rings is 3. The van der Waals surface area contributed by atoms with Crippen LogP contribution in [0.5, 0.6) is 0 Å². The van der Waals surface area contributed by atoms with Crippen LogP contribution in [0.4, 0.5) is 0 Å². The quantitative estimate of drug-likeness (QED) is 0.0160. The summed E-state index contributed by atoms with van der Waals surface area (Å²) in [6.07, 6.45) is 26.8. The topological polar surface area (TPSA) is 379 Å². The number of carbonyl (C=O) groups is 12. The Morgan fingerprint density at radius 3 is 0.940 bits per heavy atom. The SMILES string of the molecule is C.C.C.C=CC.C=CCC(CC=C)(C(=O)OC(C)(C)C)[C@@H](CC(C)C)C(=O)O.C=CCC(CC=C)(C(=O)OC(C)(C)C)[C@@H](CC(C)C)C(=O)OCc1ccccc1.CC(C)C[C@@H](C(=O)O)C1(C(=O)OC(C)(C)C)CC=CC1.CC(C)C[C@@H](C(=O)O)[C@@H](C)C(=O)OC(C)(C)C.CC(C)C[C@@H](C(=O)OCc1ccccc1)C1(C(=O)OC(C)(C)C)CC=CC1.CC(C)C[C@@H](C(=O)On1nnc2ccccc21)C1(C(=O)OC(C)(C)C)CC=CC1.